The molecule has 0 bridgehead atoms. The first kappa shape index (κ1) is 17.1. The smallest absolute Gasteiger partial charge is 0.0194 e. The summed E-state index contributed by atoms with van der Waals surface area (Å²) in [5, 5.41) is 0. The van der Waals surface area contributed by atoms with Crippen molar-refractivity contribution in [2.45, 2.75) is 7.40 Å². The minimum atomic E-state index is 0. The Labute approximate surface area is 64.2 Å². The molecule has 0 spiro atoms. The molecule has 0 heterocycles. The van der Waals surface area contributed by atoms with Crippen LogP contribution < -0.4 is 0 Å². The Morgan fingerprint density at radius 1 is 1.00 bits per heavy atom. The maximum absolute atomic E-state index is 5.75. The van der Waals surface area contributed by atoms with E-state index in [1.54, 1.807) is 0 Å². The Bertz CT molecular complexity index is 6.85. The fraction of sp³-hybridized carbons (Fsp3) is 1.00. The molecule has 0 aliphatic carbocycles. The van der Waals surface area contributed by atoms with E-state index in [9.17, 15) is 0 Å². The van der Waals surface area contributed by atoms with Crippen molar-refractivity contribution in [3.8, 4) is 0 Å². The molecule has 0 nitrogen and oxygen atoms in total. The van der Waals surface area contributed by atoms with Crippen molar-refractivity contribution >= 4 is 0 Å². The maximum Gasteiger partial charge on any atom is 0.0194 e. The van der Waals surface area contributed by atoms with Crippen LogP contribution in [-0.2, 0) is 55.7 Å². The normalized spacial score (nSPS) is 1.75. The standard InChI is InChI=1S/CH4.3V/h1H4;;;/i1T;;;. The van der Waals surface area contributed by atoms with Gasteiger partial charge in [0.15, 0.2) is 0 Å². The van der Waals surface area contributed by atoms with Crippen LogP contribution in [0.3, 0.4) is 0 Å². The largest absolute Gasteiger partial charge is 0.0776 e. The molecule has 3 heteroatoms. The predicted molar refractivity (Wildman–Crippen MR) is 6.73 cm³/mol. The average Bonchev–Trinajstić information content (AvgIpc) is 1.00. The summed E-state index contributed by atoms with van der Waals surface area (Å²) in [5.74, 6) is 0. The van der Waals surface area contributed by atoms with E-state index in [-0.39, 0.29) is 55.7 Å². The van der Waals surface area contributed by atoms with E-state index in [0.717, 1.165) is 0 Å². The van der Waals surface area contributed by atoms with Crippen LogP contribution >= 0.6 is 0 Å². The predicted octanol–water partition coefficient (Wildman–Crippen LogP) is 0.629. The Morgan fingerprint density at radius 3 is 1.00 bits per heavy atom. The number of hydrogen-bond acceptors (Lipinski definition) is 0. The van der Waals surface area contributed by atoms with Gasteiger partial charge in [0.2, 0.25) is 0 Å². The van der Waals surface area contributed by atoms with Gasteiger partial charge in [-0.25, -0.2) is 0 Å². The van der Waals surface area contributed by atoms with E-state index in [0.29, 0.717) is 0 Å². The molecule has 0 rings (SSSR count). The molecule has 0 aliphatic heterocycles. The zero-order valence-corrected chi connectivity index (χ0v) is 6.53. The molecule has 0 atom stereocenters. The van der Waals surface area contributed by atoms with Gasteiger partial charge in [-0.1, -0.05) is 7.40 Å². The second kappa shape index (κ2) is 21.8. The van der Waals surface area contributed by atoms with E-state index in [1.807, 2.05) is 0 Å². The molecule has 0 aromatic carbocycles. The summed E-state index contributed by atoms with van der Waals surface area (Å²) in [5.41, 5.74) is 0. The summed E-state index contributed by atoms with van der Waals surface area (Å²) in [6.07, 6.45) is 0. The van der Waals surface area contributed by atoms with E-state index < -0.39 is 0 Å². The van der Waals surface area contributed by atoms with Gasteiger partial charge >= 0.3 is 0 Å². The maximum atomic E-state index is 5.75. The van der Waals surface area contributed by atoms with Crippen molar-refractivity contribution in [1.82, 2.24) is 0 Å². The zero-order chi connectivity index (χ0) is 2.00. The summed E-state index contributed by atoms with van der Waals surface area (Å²) < 4.78 is 5.75. The van der Waals surface area contributed by atoms with Crippen LogP contribution in [0.4, 0.5) is 0 Å². The fourth-order valence-corrected chi connectivity index (χ4v) is 0. The van der Waals surface area contributed by atoms with E-state index in [2.05, 4.69) is 0 Å². The number of rotatable bonds is 0. The van der Waals surface area contributed by atoms with Gasteiger partial charge in [0.25, 0.3) is 0 Å². The third-order valence-electron chi connectivity index (χ3n) is 0. The van der Waals surface area contributed by atoms with Crippen LogP contribution in [0.15, 0.2) is 0 Å². The molecular formula is CH4V3. The Balaban J connectivity index is -0.00000000167. The molecule has 0 saturated heterocycles. The molecule has 0 N–H and O–H groups in total. The minimum Gasteiger partial charge on any atom is -0.0776 e. The summed E-state index contributed by atoms with van der Waals surface area (Å²) in [6.45, 7) is 0. The monoisotopic (exact) mass is 171 g/mol. The molecule has 0 amide bonds. The van der Waals surface area contributed by atoms with Gasteiger partial charge in [-0.3, -0.25) is 0 Å². The molecule has 23 valence electrons. The van der Waals surface area contributed by atoms with Gasteiger partial charge < -0.3 is 0 Å². The second-order valence-electron chi connectivity index (χ2n) is 0. The van der Waals surface area contributed by atoms with Gasteiger partial charge in [-0.05, 0) is 0 Å². The second-order valence-corrected chi connectivity index (χ2v) is 0. The molecule has 3 radical (unpaired) electrons. The van der Waals surface area contributed by atoms with E-state index in [1.165, 1.54) is 7.40 Å². The summed E-state index contributed by atoms with van der Waals surface area (Å²) >= 11 is 0. The molecule has 0 aromatic heterocycles. The van der Waals surface area contributed by atoms with Crippen molar-refractivity contribution in [1.29, 1.82) is 0 Å². The van der Waals surface area contributed by atoms with Crippen molar-refractivity contribution in [3.05, 3.63) is 0 Å². The first-order valence-corrected chi connectivity index (χ1v) is 0. The third kappa shape index (κ3) is 9.26. The molecule has 0 unspecified atom stereocenters. The zero-order valence-electron chi connectivity index (χ0n) is 3.34. The van der Waals surface area contributed by atoms with Crippen LogP contribution in [0.25, 0.3) is 0 Å². The molecule has 0 saturated carbocycles. The molecule has 0 fully saturated rings. The summed E-state index contributed by atoms with van der Waals surface area (Å²) in [7, 11) is 1.25. The summed E-state index contributed by atoms with van der Waals surface area (Å²) in [4.78, 5) is 0. The van der Waals surface area contributed by atoms with Crippen molar-refractivity contribution < 1.29 is 57.0 Å². The average molecular weight is 171 g/mol. The minimum absolute atomic E-state index is 0. The van der Waals surface area contributed by atoms with Crippen molar-refractivity contribution in [2.24, 2.45) is 0 Å². The molecule has 0 aliphatic rings. The fourth-order valence-electron chi connectivity index (χ4n) is 0. The van der Waals surface area contributed by atoms with Crippen LogP contribution in [0.2, 0.25) is 0 Å². The first-order chi connectivity index (χ1) is 1.00. The Kier molecular flexibility index (Phi) is 93.4. The van der Waals surface area contributed by atoms with Crippen LogP contribution in [-0.4, -0.2) is 0 Å². The van der Waals surface area contributed by atoms with Crippen LogP contribution in [0.5, 0.6) is 0 Å². The molecular weight excluding hydrogens is 165 g/mol. The molecule has 0 aromatic rings. The number of hydrogen-bond donors (Lipinski definition) is 0. The van der Waals surface area contributed by atoms with Crippen LogP contribution in [0, 0.1) is 0 Å². The van der Waals surface area contributed by atoms with Crippen molar-refractivity contribution in [3.63, 3.8) is 0 Å². The van der Waals surface area contributed by atoms with E-state index in [4.69, 9.17) is 1.37 Å². The third-order valence-corrected chi connectivity index (χ3v) is 0. The molecule has 4 heavy (non-hydrogen) atoms. The SMILES string of the molecule is [3H]C.[V].[V].[V]. The first-order valence-electron chi connectivity index (χ1n) is 1.00. The Morgan fingerprint density at radius 2 is 1.00 bits per heavy atom. The van der Waals surface area contributed by atoms with Gasteiger partial charge in [0, 0.05) is 57.0 Å². The summed E-state index contributed by atoms with van der Waals surface area (Å²) in [6, 6.07) is 0. The van der Waals surface area contributed by atoms with Gasteiger partial charge in [-0.2, -0.15) is 0 Å². The van der Waals surface area contributed by atoms with Gasteiger partial charge in [-0.15, -0.1) is 0 Å². The van der Waals surface area contributed by atoms with Crippen molar-refractivity contribution in [2.75, 3.05) is 0 Å². The van der Waals surface area contributed by atoms with Crippen LogP contribution in [0.1, 0.15) is 8.77 Å². The topological polar surface area (TPSA) is 0 Å². The quantitative estimate of drug-likeness (QED) is 0.501. The van der Waals surface area contributed by atoms with Gasteiger partial charge in [0.1, 0.15) is 0 Å². The van der Waals surface area contributed by atoms with E-state index >= 15 is 0 Å². The van der Waals surface area contributed by atoms with Gasteiger partial charge in [0.05, 0.1) is 0 Å². The Hall–Kier alpha value is 1.75.